The largest absolute Gasteiger partial charge is 0.491 e. The molecule has 2 N–H and O–H groups in total. The van der Waals surface area contributed by atoms with Gasteiger partial charge in [0.2, 0.25) is 0 Å². The van der Waals surface area contributed by atoms with E-state index < -0.39 is 17.7 Å². The summed E-state index contributed by atoms with van der Waals surface area (Å²) < 4.78 is 31.9. The van der Waals surface area contributed by atoms with Gasteiger partial charge < -0.3 is 15.2 Å². The maximum Gasteiger partial charge on any atom is 0.127 e. The van der Waals surface area contributed by atoms with E-state index in [1.54, 1.807) is 0 Å². The molecule has 1 unspecified atom stereocenters. The number of aliphatic hydroxyl groups excluding tert-OH is 1. The van der Waals surface area contributed by atoms with Gasteiger partial charge in [0.05, 0.1) is 0 Å². The average molecular weight is 307 g/mol. The number of halogens is 2. The van der Waals surface area contributed by atoms with E-state index >= 15 is 0 Å². The Morgan fingerprint density at radius 2 is 2.00 bits per heavy atom. The molecule has 0 heterocycles. The Hall–Kier alpha value is -1.98. The standard InChI is InChI=1S/C17H19F2NO2/c1-12-3-2-4-16(7-12)22-11-15(21)10-20-9-13-8-14(18)5-6-17(13)19/h2-8,15,20-21H,9-11H2,1H3. The van der Waals surface area contributed by atoms with Gasteiger partial charge in [-0.3, -0.25) is 0 Å². The van der Waals surface area contributed by atoms with Crippen LogP contribution in [-0.4, -0.2) is 24.4 Å². The van der Waals surface area contributed by atoms with Crippen LogP contribution in [0.5, 0.6) is 5.75 Å². The van der Waals surface area contributed by atoms with E-state index in [4.69, 9.17) is 4.74 Å². The molecule has 0 saturated heterocycles. The Morgan fingerprint density at radius 3 is 2.77 bits per heavy atom. The van der Waals surface area contributed by atoms with Gasteiger partial charge in [-0.1, -0.05) is 12.1 Å². The lowest BCUT2D eigenvalue weighted by Crippen LogP contribution is -2.31. The molecular weight excluding hydrogens is 288 g/mol. The highest BCUT2D eigenvalue weighted by Gasteiger charge is 2.07. The van der Waals surface area contributed by atoms with Gasteiger partial charge in [0, 0.05) is 18.7 Å². The highest BCUT2D eigenvalue weighted by molar-refractivity contribution is 5.27. The number of benzene rings is 2. The highest BCUT2D eigenvalue weighted by Crippen LogP contribution is 2.12. The summed E-state index contributed by atoms with van der Waals surface area (Å²) in [6.45, 7) is 2.45. The van der Waals surface area contributed by atoms with Crippen molar-refractivity contribution in [3.05, 3.63) is 65.2 Å². The zero-order valence-electron chi connectivity index (χ0n) is 12.4. The Morgan fingerprint density at radius 1 is 1.18 bits per heavy atom. The Balaban J connectivity index is 1.73. The third-order valence-electron chi connectivity index (χ3n) is 3.14. The van der Waals surface area contributed by atoms with Crippen molar-refractivity contribution < 1.29 is 18.6 Å². The van der Waals surface area contributed by atoms with Gasteiger partial charge in [0.1, 0.15) is 30.1 Å². The molecule has 2 aromatic carbocycles. The first kappa shape index (κ1) is 16.4. The summed E-state index contributed by atoms with van der Waals surface area (Å²) in [6.07, 6.45) is -0.739. The Bertz CT molecular complexity index is 619. The van der Waals surface area contributed by atoms with Gasteiger partial charge in [0.15, 0.2) is 0 Å². The van der Waals surface area contributed by atoms with Crippen LogP contribution in [0.2, 0.25) is 0 Å². The van der Waals surface area contributed by atoms with Gasteiger partial charge >= 0.3 is 0 Å². The van der Waals surface area contributed by atoms with Crippen molar-refractivity contribution in [3.8, 4) is 5.75 Å². The van der Waals surface area contributed by atoms with Crippen LogP contribution < -0.4 is 10.1 Å². The lowest BCUT2D eigenvalue weighted by molar-refractivity contribution is 0.106. The van der Waals surface area contributed by atoms with Crippen LogP contribution in [0, 0.1) is 18.6 Å². The number of ether oxygens (including phenoxy) is 1. The van der Waals surface area contributed by atoms with Gasteiger partial charge in [-0.2, -0.15) is 0 Å². The third-order valence-corrected chi connectivity index (χ3v) is 3.14. The van der Waals surface area contributed by atoms with E-state index in [1.807, 2.05) is 31.2 Å². The van der Waals surface area contributed by atoms with E-state index in [9.17, 15) is 13.9 Å². The molecule has 0 radical (unpaired) electrons. The highest BCUT2D eigenvalue weighted by atomic mass is 19.1. The van der Waals surface area contributed by atoms with Crippen molar-refractivity contribution in [1.82, 2.24) is 5.32 Å². The molecule has 0 amide bonds. The molecule has 5 heteroatoms. The summed E-state index contributed by atoms with van der Waals surface area (Å²) in [5.74, 6) is -0.267. The normalized spacial score (nSPS) is 12.2. The number of rotatable bonds is 7. The molecule has 118 valence electrons. The number of aryl methyl sites for hydroxylation is 1. The molecule has 2 aromatic rings. The molecule has 1 atom stereocenters. The van der Waals surface area contributed by atoms with E-state index in [0.717, 1.165) is 23.8 Å². The summed E-state index contributed by atoms with van der Waals surface area (Å²) in [6, 6.07) is 10.8. The van der Waals surface area contributed by atoms with Gasteiger partial charge in [0.25, 0.3) is 0 Å². The fourth-order valence-corrected chi connectivity index (χ4v) is 2.01. The first-order chi connectivity index (χ1) is 10.5. The molecule has 0 aliphatic heterocycles. The van der Waals surface area contributed by atoms with E-state index in [2.05, 4.69) is 5.32 Å². The second-order valence-corrected chi connectivity index (χ2v) is 5.15. The van der Waals surface area contributed by atoms with E-state index in [-0.39, 0.29) is 25.3 Å². The zero-order chi connectivity index (χ0) is 15.9. The molecule has 0 aliphatic carbocycles. The molecule has 22 heavy (non-hydrogen) atoms. The minimum absolute atomic E-state index is 0.127. The van der Waals surface area contributed by atoms with Crippen LogP contribution in [0.25, 0.3) is 0 Å². The third kappa shape index (κ3) is 5.09. The molecule has 3 nitrogen and oxygen atoms in total. The van der Waals surface area contributed by atoms with E-state index in [1.165, 1.54) is 0 Å². The summed E-state index contributed by atoms with van der Waals surface area (Å²) >= 11 is 0. The van der Waals surface area contributed by atoms with Crippen molar-refractivity contribution in [2.45, 2.75) is 19.6 Å². The predicted molar refractivity (Wildman–Crippen MR) is 80.7 cm³/mol. The van der Waals surface area contributed by atoms with Crippen LogP contribution in [-0.2, 0) is 6.54 Å². The Kier molecular flexibility index (Phi) is 5.86. The van der Waals surface area contributed by atoms with Crippen molar-refractivity contribution in [1.29, 1.82) is 0 Å². The summed E-state index contributed by atoms with van der Waals surface area (Å²) in [4.78, 5) is 0. The van der Waals surface area contributed by atoms with Gasteiger partial charge in [-0.25, -0.2) is 8.78 Å². The second kappa shape index (κ2) is 7.87. The van der Waals surface area contributed by atoms with Crippen molar-refractivity contribution >= 4 is 0 Å². The predicted octanol–water partition coefficient (Wildman–Crippen LogP) is 2.80. The molecule has 0 aliphatic rings. The Labute approximate surface area is 128 Å². The van der Waals surface area contributed by atoms with Crippen LogP contribution in [0.4, 0.5) is 8.78 Å². The van der Waals surface area contributed by atoms with Crippen LogP contribution in [0.1, 0.15) is 11.1 Å². The maximum atomic E-state index is 13.4. The summed E-state index contributed by atoms with van der Waals surface area (Å²) in [5.41, 5.74) is 1.30. The lowest BCUT2D eigenvalue weighted by Gasteiger charge is -2.14. The van der Waals surface area contributed by atoms with Crippen molar-refractivity contribution in [3.63, 3.8) is 0 Å². The van der Waals surface area contributed by atoms with Crippen LogP contribution >= 0.6 is 0 Å². The fourth-order valence-electron chi connectivity index (χ4n) is 2.01. The van der Waals surface area contributed by atoms with Crippen molar-refractivity contribution in [2.75, 3.05) is 13.2 Å². The number of hydrogen-bond donors (Lipinski definition) is 2. The maximum absolute atomic E-state index is 13.4. The van der Waals surface area contributed by atoms with E-state index in [0.29, 0.717) is 5.75 Å². The first-order valence-corrected chi connectivity index (χ1v) is 7.07. The minimum Gasteiger partial charge on any atom is -0.491 e. The van der Waals surface area contributed by atoms with Crippen LogP contribution in [0.3, 0.4) is 0 Å². The minimum atomic E-state index is -0.739. The zero-order valence-corrected chi connectivity index (χ0v) is 12.4. The quantitative estimate of drug-likeness (QED) is 0.826. The lowest BCUT2D eigenvalue weighted by atomic mass is 10.2. The smallest absolute Gasteiger partial charge is 0.127 e. The molecule has 0 bridgehead atoms. The van der Waals surface area contributed by atoms with Crippen molar-refractivity contribution in [2.24, 2.45) is 0 Å². The molecule has 0 saturated carbocycles. The monoisotopic (exact) mass is 307 g/mol. The topological polar surface area (TPSA) is 41.5 Å². The molecule has 0 spiro atoms. The summed E-state index contributed by atoms with van der Waals surface area (Å²) in [7, 11) is 0. The molecule has 0 aromatic heterocycles. The van der Waals surface area contributed by atoms with Crippen LogP contribution in [0.15, 0.2) is 42.5 Å². The SMILES string of the molecule is Cc1cccc(OCC(O)CNCc2cc(F)ccc2F)c1. The number of aliphatic hydroxyl groups is 1. The molecular formula is C17H19F2NO2. The fraction of sp³-hybridized carbons (Fsp3) is 0.294. The van der Waals surface area contributed by atoms with Gasteiger partial charge in [-0.05, 0) is 42.8 Å². The average Bonchev–Trinajstić information content (AvgIpc) is 2.49. The summed E-state index contributed by atoms with van der Waals surface area (Å²) in [5, 5.41) is 12.7. The molecule has 0 fully saturated rings. The number of hydrogen-bond acceptors (Lipinski definition) is 3. The first-order valence-electron chi connectivity index (χ1n) is 7.07. The molecule has 2 rings (SSSR count). The van der Waals surface area contributed by atoms with Gasteiger partial charge in [-0.15, -0.1) is 0 Å². The number of nitrogens with one attached hydrogen (secondary N) is 1. The second-order valence-electron chi connectivity index (χ2n) is 5.15.